The zero-order valence-electron chi connectivity index (χ0n) is 11.8. The number of benzene rings is 2. The first-order valence-electron chi connectivity index (χ1n) is 7.16. The van der Waals surface area contributed by atoms with Crippen molar-refractivity contribution in [2.24, 2.45) is 0 Å². The second-order valence-electron chi connectivity index (χ2n) is 5.14. The Labute approximate surface area is 126 Å². The van der Waals surface area contributed by atoms with Gasteiger partial charge in [-0.3, -0.25) is 0 Å². The lowest BCUT2D eigenvalue weighted by Crippen LogP contribution is -1.95. The van der Waals surface area contributed by atoms with Gasteiger partial charge in [-0.1, -0.05) is 36.5 Å². The molecule has 4 rings (SSSR count). The molecular formula is C17H15N3S. The maximum atomic E-state index is 4.18. The van der Waals surface area contributed by atoms with E-state index in [1.165, 1.54) is 21.8 Å². The van der Waals surface area contributed by atoms with Crippen LogP contribution in [0.2, 0.25) is 0 Å². The number of hydrogen-bond donors (Lipinski definition) is 0. The Morgan fingerprint density at radius 1 is 1.05 bits per heavy atom. The second-order valence-corrected chi connectivity index (χ2v) is 5.98. The van der Waals surface area contributed by atoms with Crippen molar-refractivity contribution in [3.63, 3.8) is 0 Å². The van der Waals surface area contributed by atoms with Gasteiger partial charge in [0.05, 0.1) is 0 Å². The lowest BCUT2D eigenvalue weighted by molar-refractivity contribution is 0.724. The average Bonchev–Trinajstić information content (AvgIpc) is 3.15. The summed E-state index contributed by atoms with van der Waals surface area (Å²) in [7, 11) is 0. The number of aryl methyl sites for hydroxylation is 1. The summed E-state index contributed by atoms with van der Waals surface area (Å²) in [6.45, 7) is 3.26. The van der Waals surface area contributed by atoms with Gasteiger partial charge < -0.3 is 4.57 Å². The Morgan fingerprint density at radius 3 is 2.71 bits per heavy atom. The van der Waals surface area contributed by atoms with Gasteiger partial charge >= 0.3 is 0 Å². The molecule has 0 bridgehead atoms. The van der Waals surface area contributed by atoms with Gasteiger partial charge in [-0.15, -0.1) is 10.2 Å². The van der Waals surface area contributed by atoms with E-state index in [2.05, 4.69) is 64.2 Å². The highest BCUT2D eigenvalue weighted by Crippen LogP contribution is 2.33. The fourth-order valence-corrected chi connectivity index (χ4v) is 3.50. The van der Waals surface area contributed by atoms with E-state index < -0.39 is 0 Å². The van der Waals surface area contributed by atoms with Crippen LogP contribution in [0.5, 0.6) is 0 Å². The summed E-state index contributed by atoms with van der Waals surface area (Å²) in [5.41, 5.74) is 5.53. The monoisotopic (exact) mass is 293 g/mol. The molecule has 0 saturated heterocycles. The van der Waals surface area contributed by atoms with Crippen LogP contribution in [0, 0.1) is 0 Å². The van der Waals surface area contributed by atoms with Crippen molar-refractivity contribution >= 4 is 33.1 Å². The van der Waals surface area contributed by atoms with Crippen molar-refractivity contribution in [3.05, 3.63) is 48.0 Å². The minimum atomic E-state index is 0.976. The average molecular weight is 293 g/mol. The Morgan fingerprint density at radius 2 is 1.90 bits per heavy atom. The lowest BCUT2D eigenvalue weighted by atomic mass is 10.1. The molecule has 0 atom stereocenters. The van der Waals surface area contributed by atoms with Crippen molar-refractivity contribution in [2.75, 3.05) is 0 Å². The Bertz CT molecular complexity index is 906. The van der Waals surface area contributed by atoms with Gasteiger partial charge in [-0.25, -0.2) is 0 Å². The SMILES string of the molecule is CCCn1c2ccccc2c2cc(-c3nncs3)ccc21. The van der Waals surface area contributed by atoms with Crippen LogP contribution in [0.1, 0.15) is 13.3 Å². The third-order valence-corrected chi connectivity index (χ3v) is 4.57. The molecule has 0 aliphatic heterocycles. The Hall–Kier alpha value is -2.20. The first kappa shape index (κ1) is 12.5. The first-order valence-corrected chi connectivity index (χ1v) is 8.04. The van der Waals surface area contributed by atoms with Crippen LogP contribution >= 0.6 is 11.3 Å². The maximum Gasteiger partial charge on any atom is 0.147 e. The third-order valence-electron chi connectivity index (χ3n) is 3.83. The van der Waals surface area contributed by atoms with Gasteiger partial charge in [0.25, 0.3) is 0 Å². The number of fused-ring (bicyclic) bond motifs is 3. The molecule has 4 heteroatoms. The van der Waals surface area contributed by atoms with E-state index in [0.29, 0.717) is 0 Å². The summed E-state index contributed by atoms with van der Waals surface area (Å²) < 4.78 is 2.41. The lowest BCUT2D eigenvalue weighted by Gasteiger charge is -2.05. The molecule has 0 N–H and O–H groups in total. The van der Waals surface area contributed by atoms with Gasteiger partial charge in [0.2, 0.25) is 0 Å². The van der Waals surface area contributed by atoms with Crippen molar-refractivity contribution in [1.82, 2.24) is 14.8 Å². The van der Waals surface area contributed by atoms with E-state index in [1.807, 2.05) is 0 Å². The van der Waals surface area contributed by atoms with E-state index in [4.69, 9.17) is 0 Å². The molecule has 104 valence electrons. The highest BCUT2D eigenvalue weighted by atomic mass is 32.1. The molecule has 21 heavy (non-hydrogen) atoms. The Kier molecular flexibility index (Phi) is 2.97. The van der Waals surface area contributed by atoms with Gasteiger partial charge in [0.15, 0.2) is 0 Å². The molecule has 0 aliphatic rings. The highest BCUT2D eigenvalue weighted by molar-refractivity contribution is 7.12. The summed E-state index contributed by atoms with van der Waals surface area (Å²) in [5, 5.41) is 11.7. The van der Waals surface area contributed by atoms with Gasteiger partial charge in [0.1, 0.15) is 10.5 Å². The van der Waals surface area contributed by atoms with Crippen LogP contribution in [0.4, 0.5) is 0 Å². The van der Waals surface area contributed by atoms with Crippen LogP contribution in [-0.2, 0) is 6.54 Å². The van der Waals surface area contributed by atoms with E-state index in [0.717, 1.165) is 23.5 Å². The van der Waals surface area contributed by atoms with Crippen LogP contribution in [0.3, 0.4) is 0 Å². The molecular weight excluding hydrogens is 278 g/mol. The Balaban J connectivity index is 2.05. The quantitative estimate of drug-likeness (QED) is 0.547. The topological polar surface area (TPSA) is 30.7 Å². The van der Waals surface area contributed by atoms with Crippen molar-refractivity contribution in [2.45, 2.75) is 19.9 Å². The fraction of sp³-hybridized carbons (Fsp3) is 0.176. The fourth-order valence-electron chi connectivity index (χ4n) is 2.95. The smallest absolute Gasteiger partial charge is 0.147 e. The van der Waals surface area contributed by atoms with Crippen LogP contribution < -0.4 is 0 Å². The van der Waals surface area contributed by atoms with E-state index in [1.54, 1.807) is 16.8 Å². The van der Waals surface area contributed by atoms with Crippen LogP contribution in [0.25, 0.3) is 32.4 Å². The van der Waals surface area contributed by atoms with E-state index in [-0.39, 0.29) is 0 Å². The van der Waals surface area contributed by atoms with E-state index in [9.17, 15) is 0 Å². The largest absolute Gasteiger partial charge is 0.340 e. The van der Waals surface area contributed by atoms with Crippen LogP contribution in [-0.4, -0.2) is 14.8 Å². The van der Waals surface area contributed by atoms with Crippen molar-refractivity contribution in [1.29, 1.82) is 0 Å². The summed E-state index contributed by atoms with van der Waals surface area (Å²) in [5.74, 6) is 0. The molecule has 0 fully saturated rings. The minimum absolute atomic E-state index is 0.976. The number of rotatable bonds is 3. The summed E-state index contributed by atoms with van der Waals surface area (Å²) in [4.78, 5) is 0. The molecule has 3 nitrogen and oxygen atoms in total. The molecule has 0 spiro atoms. The molecule has 0 unspecified atom stereocenters. The number of nitrogens with zero attached hydrogens (tertiary/aromatic N) is 3. The molecule has 2 heterocycles. The molecule has 0 saturated carbocycles. The van der Waals surface area contributed by atoms with Crippen molar-refractivity contribution in [3.8, 4) is 10.6 Å². The molecule has 0 amide bonds. The summed E-state index contributed by atoms with van der Waals surface area (Å²) in [6, 6.07) is 15.2. The highest BCUT2D eigenvalue weighted by Gasteiger charge is 2.11. The number of hydrogen-bond acceptors (Lipinski definition) is 3. The molecule has 0 radical (unpaired) electrons. The normalized spacial score (nSPS) is 11.5. The molecule has 2 aromatic heterocycles. The van der Waals surface area contributed by atoms with E-state index >= 15 is 0 Å². The number of para-hydroxylation sites is 1. The molecule has 0 aliphatic carbocycles. The predicted molar refractivity (Wildman–Crippen MR) is 88.6 cm³/mol. The van der Waals surface area contributed by atoms with Crippen LogP contribution in [0.15, 0.2) is 48.0 Å². The summed E-state index contributed by atoms with van der Waals surface area (Å²) in [6.07, 6.45) is 1.13. The second kappa shape index (κ2) is 4.97. The minimum Gasteiger partial charge on any atom is -0.340 e. The zero-order valence-corrected chi connectivity index (χ0v) is 12.6. The number of aromatic nitrogens is 3. The zero-order chi connectivity index (χ0) is 14.2. The van der Waals surface area contributed by atoms with Gasteiger partial charge in [-0.05, 0) is 30.7 Å². The summed E-state index contributed by atoms with van der Waals surface area (Å²) >= 11 is 1.58. The van der Waals surface area contributed by atoms with Crippen molar-refractivity contribution < 1.29 is 0 Å². The molecule has 4 aromatic rings. The maximum absolute atomic E-state index is 4.18. The van der Waals surface area contributed by atoms with Gasteiger partial charge in [-0.2, -0.15) is 0 Å². The molecule has 2 aromatic carbocycles. The standard InChI is InChI=1S/C17H15N3S/c1-2-9-20-15-6-4-3-5-13(15)14-10-12(7-8-16(14)20)17-19-18-11-21-17/h3-8,10-11H,2,9H2,1H3. The van der Waals surface area contributed by atoms with Gasteiger partial charge in [0, 0.05) is 33.9 Å². The predicted octanol–water partition coefficient (Wildman–Crippen LogP) is 4.72. The first-order chi connectivity index (χ1) is 10.4. The third kappa shape index (κ3) is 1.94.